The van der Waals surface area contributed by atoms with Gasteiger partial charge >= 0.3 is 6.09 Å². The summed E-state index contributed by atoms with van der Waals surface area (Å²) in [7, 11) is 0. The van der Waals surface area contributed by atoms with Crippen molar-refractivity contribution in [2.75, 3.05) is 17.2 Å². The minimum absolute atomic E-state index is 0.195. The van der Waals surface area contributed by atoms with Crippen molar-refractivity contribution in [3.8, 4) is 22.5 Å². The maximum atomic E-state index is 14.1. The molecule has 2 aromatic heterocycles. The van der Waals surface area contributed by atoms with E-state index in [0.717, 1.165) is 35.2 Å². The van der Waals surface area contributed by atoms with Crippen LogP contribution >= 0.6 is 0 Å². The van der Waals surface area contributed by atoms with Crippen LogP contribution in [0, 0.1) is 18.8 Å². The van der Waals surface area contributed by atoms with Crippen molar-refractivity contribution in [3.63, 3.8) is 0 Å². The maximum absolute atomic E-state index is 14.1. The molecule has 1 saturated carbocycles. The van der Waals surface area contributed by atoms with Gasteiger partial charge in [-0.25, -0.2) is 19.7 Å². The first-order valence-electron chi connectivity index (χ1n) is 16.0. The number of nitrogens with two attached hydrogens (primary N) is 2. The van der Waals surface area contributed by atoms with Crippen LogP contribution in [0.25, 0.3) is 22.5 Å². The summed E-state index contributed by atoms with van der Waals surface area (Å²) in [5.41, 5.74) is 16.0. The zero-order chi connectivity index (χ0) is 34.4. The van der Waals surface area contributed by atoms with E-state index in [1.165, 1.54) is 4.90 Å². The van der Waals surface area contributed by atoms with Crippen molar-refractivity contribution in [3.05, 3.63) is 66.0 Å². The number of ether oxygens (including phenoxy) is 1. The molecule has 1 aliphatic rings. The van der Waals surface area contributed by atoms with Crippen LogP contribution < -0.4 is 21.7 Å². The summed E-state index contributed by atoms with van der Waals surface area (Å²) in [6.45, 7) is 7.76. The molecule has 1 atom stereocenters. The van der Waals surface area contributed by atoms with Gasteiger partial charge in [0.2, 0.25) is 17.7 Å². The standard InChI is InChI=1S/C34H42N10O4/c1-20-27(19-37-32(36)39-20)25-7-5-6-22(16-25)17-28(35)31(46)44(26-14-12-23(13-15-26)29-40-42-43-41-29)30(45)24-10-8-21(9-11-24)18-38-33(47)48-34(2,3)4/h5-7,12-16,19,21,24,28H,8-11,17-18,35H2,1-4H3,(H,38,47)(H2,36,37,39)(H,40,41,42,43)/t21?,24?,28-/m0/s1. The van der Waals surface area contributed by atoms with E-state index in [-0.39, 0.29) is 30.1 Å². The number of hydrogen-bond donors (Lipinski definition) is 4. The molecule has 5 rings (SSSR count). The van der Waals surface area contributed by atoms with Crippen molar-refractivity contribution in [2.24, 2.45) is 17.6 Å². The Labute approximate surface area is 279 Å². The van der Waals surface area contributed by atoms with Crippen molar-refractivity contribution in [1.29, 1.82) is 0 Å². The van der Waals surface area contributed by atoms with Gasteiger partial charge in [0.05, 0.1) is 17.4 Å². The molecule has 0 unspecified atom stereocenters. The summed E-state index contributed by atoms with van der Waals surface area (Å²) in [6, 6.07) is 13.5. The number of carbonyl (C=O) groups excluding carboxylic acids is 3. The average Bonchev–Trinajstić information content (AvgIpc) is 3.59. The number of rotatable bonds is 9. The van der Waals surface area contributed by atoms with E-state index in [1.54, 1.807) is 30.5 Å². The first-order valence-corrected chi connectivity index (χ1v) is 16.0. The number of alkyl carbamates (subject to hydrolysis) is 1. The molecule has 252 valence electrons. The molecule has 1 fully saturated rings. The third-order valence-electron chi connectivity index (χ3n) is 8.31. The molecule has 2 heterocycles. The molecule has 0 saturated heterocycles. The van der Waals surface area contributed by atoms with E-state index in [4.69, 9.17) is 16.2 Å². The predicted molar refractivity (Wildman–Crippen MR) is 180 cm³/mol. The molecule has 14 heteroatoms. The number of imide groups is 1. The van der Waals surface area contributed by atoms with Crippen LogP contribution in [-0.4, -0.2) is 66.7 Å². The predicted octanol–water partition coefficient (Wildman–Crippen LogP) is 3.98. The summed E-state index contributed by atoms with van der Waals surface area (Å²) in [5.74, 6) is -0.399. The van der Waals surface area contributed by atoms with Gasteiger partial charge < -0.3 is 21.5 Å². The number of nitrogens with zero attached hydrogens (tertiary/aromatic N) is 6. The second-order valence-corrected chi connectivity index (χ2v) is 13.1. The fourth-order valence-electron chi connectivity index (χ4n) is 5.89. The van der Waals surface area contributed by atoms with Crippen molar-refractivity contribution in [1.82, 2.24) is 35.9 Å². The number of amides is 3. The Morgan fingerprint density at radius 3 is 2.44 bits per heavy atom. The van der Waals surface area contributed by atoms with E-state index in [9.17, 15) is 14.4 Å². The summed E-state index contributed by atoms with van der Waals surface area (Å²) in [6.07, 6.45) is 4.00. The summed E-state index contributed by atoms with van der Waals surface area (Å²) in [5, 5.41) is 16.9. The number of H-pyrrole nitrogens is 1. The molecule has 0 spiro atoms. The van der Waals surface area contributed by atoms with Crippen LogP contribution in [0.1, 0.15) is 57.7 Å². The Bertz CT molecular complexity index is 1730. The molecule has 6 N–H and O–H groups in total. The molecule has 0 bridgehead atoms. The van der Waals surface area contributed by atoms with E-state index in [0.29, 0.717) is 36.5 Å². The van der Waals surface area contributed by atoms with Crippen molar-refractivity contribution in [2.45, 2.75) is 71.4 Å². The third kappa shape index (κ3) is 8.56. The lowest BCUT2D eigenvalue weighted by molar-refractivity contribution is -0.130. The second kappa shape index (κ2) is 14.7. The van der Waals surface area contributed by atoms with Gasteiger partial charge in [0.1, 0.15) is 5.60 Å². The Balaban J connectivity index is 1.31. The highest BCUT2D eigenvalue weighted by atomic mass is 16.6. The average molecular weight is 655 g/mol. The first kappa shape index (κ1) is 34.1. The lowest BCUT2D eigenvalue weighted by Crippen LogP contribution is -2.50. The van der Waals surface area contributed by atoms with Crippen LogP contribution in [-0.2, 0) is 20.7 Å². The van der Waals surface area contributed by atoms with E-state index < -0.39 is 23.6 Å². The van der Waals surface area contributed by atoms with Crippen LogP contribution in [0.4, 0.5) is 16.4 Å². The third-order valence-corrected chi connectivity index (χ3v) is 8.31. The van der Waals surface area contributed by atoms with Gasteiger partial charge in [0.15, 0.2) is 0 Å². The zero-order valence-electron chi connectivity index (χ0n) is 27.6. The first-order chi connectivity index (χ1) is 22.9. The van der Waals surface area contributed by atoms with Crippen LogP contribution in [0.15, 0.2) is 54.7 Å². The second-order valence-electron chi connectivity index (χ2n) is 13.1. The lowest BCUT2D eigenvalue weighted by atomic mass is 9.81. The number of tetrazole rings is 1. The Morgan fingerprint density at radius 1 is 1.06 bits per heavy atom. The highest BCUT2D eigenvalue weighted by Gasteiger charge is 2.35. The van der Waals surface area contributed by atoms with Gasteiger partial charge in [-0.05, 0) is 106 Å². The zero-order valence-corrected chi connectivity index (χ0v) is 27.6. The lowest BCUT2D eigenvalue weighted by Gasteiger charge is -2.32. The van der Waals surface area contributed by atoms with Crippen LogP contribution in [0.5, 0.6) is 0 Å². The SMILES string of the molecule is Cc1nc(N)ncc1-c1cccc(C[C@H](N)C(=O)N(C(=O)C2CCC(CNC(=O)OC(C)(C)C)CC2)c2ccc(-c3nn[nH]n3)cc2)c1. The van der Waals surface area contributed by atoms with Crippen LogP contribution in [0.2, 0.25) is 0 Å². The summed E-state index contributed by atoms with van der Waals surface area (Å²) < 4.78 is 5.35. The van der Waals surface area contributed by atoms with Crippen LogP contribution in [0.3, 0.4) is 0 Å². The number of aromatic amines is 1. The molecule has 3 amide bonds. The number of nitrogen functional groups attached to an aromatic ring is 1. The normalized spacial score (nSPS) is 16.9. The number of anilines is 2. The molecule has 2 aromatic carbocycles. The molecule has 1 aliphatic carbocycles. The minimum atomic E-state index is -1.00. The van der Waals surface area contributed by atoms with E-state index in [2.05, 4.69) is 35.9 Å². The monoisotopic (exact) mass is 654 g/mol. The highest BCUT2D eigenvalue weighted by Crippen LogP contribution is 2.32. The van der Waals surface area contributed by atoms with Gasteiger partial charge in [-0.2, -0.15) is 5.21 Å². The minimum Gasteiger partial charge on any atom is -0.444 e. The number of aromatic nitrogens is 6. The molecule has 4 aromatic rings. The molecule has 14 nitrogen and oxygen atoms in total. The topological polar surface area (TPSA) is 208 Å². The quantitative estimate of drug-likeness (QED) is 0.203. The molecular formula is C34H42N10O4. The van der Waals surface area contributed by atoms with Gasteiger partial charge in [0, 0.05) is 29.8 Å². The number of aryl methyl sites for hydroxylation is 1. The molecule has 0 radical (unpaired) electrons. The van der Waals surface area contributed by atoms with E-state index in [1.807, 2.05) is 52.0 Å². The fraction of sp³-hybridized carbons (Fsp3) is 0.412. The smallest absolute Gasteiger partial charge is 0.407 e. The number of benzene rings is 2. The molecule has 48 heavy (non-hydrogen) atoms. The highest BCUT2D eigenvalue weighted by molar-refractivity contribution is 6.17. The van der Waals surface area contributed by atoms with Gasteiger partial charge in [-0.15, -0.1) is 10.2 Å². The summed E-state index contributed by atoms with van der Waals surface area (Å²) >= 11 is 0. The molecule has 0 aliphatic heterocycles. The van der Waals surface area contributed by atoms with E-state index >= 15 is 0 Å². The Hall–Kier alpha value is -5.24. The fourth-order valence-corrected chi connectivity index (χ4v) is 5.89. The van der Waals surface area contributed by atoms with Crippen molar-refractivity contribution >= 4 is 29.5 Å². The Kier molecular flexibility index (Phi) is 10.4. The number of carbonyl (C=O) groups is 3. The van der Waals surface area contributed by atoms with Gasteiger partial charge in [-0.1, -0.05) is 24.3 Å². The largest absolute Gasteiger partial charge is 0.444 e. The molecular weight excluding hydrogens is 612 g/mol. The number of nitrogens with one attached hydrogen (secondary N) is 2. The van der Waals surface area contributed by atoms with Gasteiger partial charge in [-0.3, -0.25) is 9.59 Å². The van der Waals surface area contributed by atoms with Crippen molar-refractivity contribution < 1.29 is 19.1 Å². The Morgan fingerprint density at radius 2 is 1.79 bits per heavy atom. The number of hydrogen-bond acceptors (Lipinski definition) is 11. The summed E-state index contributed by atoms with van der Waals surface area (Å²) in [4.78, 5) is 50.0. The van der Waals surface area contributed by atoms with Gasteiger partial charge in [0.25, 0.3) is 5.91 Å². The maximum Gasteiger partial charge on any atom is 0.407 e.